The highest BCUT2D eigenvalue weighted by atomic mass is 16.1. The van der Waals surface area contributed by atoms with E-state index in [2.05, 4.69) is 12.2 Å². The number of Topliss-reactive ketones (excluding diaryl/α,β-unsaturated/α-hetero) is 1. The first-order chi connectivity index (χ1) is 4.84. The molecule has 0 aromatic rings. The number of carbonyl (C=O) groups is 1. The van der Waals surface area contributed by atoms with Crippen LogP contribution >= 0.6 is 0 Å². The fourth-order valence-electron chi connectivity index (χ4n) is 1.07. The van der Waals surface area contributed by atoms with Crippen LogP contribution in [0.3, 0.4) is 0 Å². The van der Waals surface area contributed by atoms with E-state index in [1.54, 1.807) is 0 Å². The van der Waals surface area contributed by atoms with Gasteiger partial charge in [-0.25, -0.2) is 0 Å². The van der Waals surface area contributed by atoms with Crippen LogP contribution in [0, 0.1) is 5.92 Å². The van der Waals surface area contributed by atoms with E-state index in [9.17, 15) is 4.79 Å². The van der Waals surface area contributed by atoms with Crippen LogP contribution in [0.4, 0.5) is 0 Å². The molecule has 1 saturated heterocycles. The van der Waals surface area contributed by atoms with Gasteiger partial charge in [0.25, 0.3) is 0 Å². The van der Waals surface area contributed by atoms with Crippen LogP contribution < -0.4 is 5.32 Å². The van der Waals surface area contributed by atoms with Crippen LogP contribution in [-0.2, 0) is 4.79 Å². The molecule has 0 spiro atoms. The summed E-state index contributed by atoms with van der Waals surface area (Å²) in [5.74, 6) is 0.812. The van der Waals surface area contributed by atoms with Gasteiger partial charge in [0.1, 0.15) is 5.78 Å². The van der Waals surface area contributed by atoms with E-state index in [0.29, 0.717) is 11.7 Å². The first-order valence-corrected chi connectivity index (χ1v) is 4.08. The summed E-state index contributed by atoms with van der Waals surface area (Å²) in [5, 5.41) is 3.10. The zero-order chi connectivity index (χ0) is 7.40. The average Bonchev–Trinajstić information content (AvgIpc) is 1.79. The van der Waals surface area contributed by atoms with E-state index >= 15 is 0 Å². The fourth-order valence-corrected chi connectivity index (χ4v) is 1.07. The molecular weight excluding hydrogens is 126 g/mol. The molecule has 1 aliphatic rings. The van der Waals surface area contributed by atoms with E-state index < -0.39 is 0 Å². The molecule has 2 heteroatoms. The van der Waals surface area contributed by atoms with Crippen molar-refractivity contribution < 1.29 is 4.79 Å². The van der Waals surface area contributed by atoms with Crippen molar-refractivity contribution in [3.8, 4) is 0 Å². The van der Waals surface area contributed by atoms with E-state index in [0.717, 1.165) is 32.4 Å². The molecule has 0 bridgehead atoms. The van der Waals surface area contributed by atoms with Crippen molar-refractivity contribution in [1.82, 2.24) is 5.32 Å². The Kier molecular flexibility index (Phi) is 2.87. The summed E-state index contributed by atoms with van der Waals surface area (Å²) in [6.07, 6.45) is 2.99. The third-order valence-corrected chi connectivity index (χ3v) is 2.01. The van der Waals surface area contributed by atoms with E-state index in [-0.39, 0.29) is 0 Å². The zero-order valence-electron chi connectivity index (χ0n) is 6.52. The van der Waals surface area contributed by atoms with Gasteiger partial charge in [0.2, 0.25) is 0 Å². The lowest BCUT2D eigenvalue weighted by Gasteiger charge is -2.25. The lowest BCUT2D eigenvalue weighted by Crippen LogP contribution is -2.46. The Labute approximate surface area is 62.0 Å². The van der Waals surface area contributed by atoms with Crippen LogP contribution in [0.5, 0.6) is 0 Å². The molecule has 58 valence electrons. The SMILES string of the molecule is CCCCC(=O)C1CNC1. The fraction of sp³-hybridized carbons (Fsp3) is 0.875. The number of carbonyl (C=O) groups excluding carboxylic acids is 1. The minimum atomic E-state index is 0.353. The number of hydrogen-bond acceptors (Lipinski definition) is 2. The molecule has 2 nitrogen and oxygen atoms in total. The standard InChI is InChI=1S/C8H15NO/c1-2-3-4-8(10)7-5-9-6-7/h7,9H,2-6H2,1H3. The molecule has 0 atom stereocenters. The van der Waals surface area contributed by atoms with Crippen LogP contribution in [0.1, 0.15) is 26.2 Å². The molecule has 1 aliphatic heterocycles. The van der Waals surface area contributed by atoms with Crippen molar-refractivity contribution >= 4 is 5.78 Å². The quantitative estimate of drug-likeness (QED) is 0.632. The molecule has 0 radical (unpaired) electrons. The molecule has 10 heavy (non-hydrogen) atoms. The molecular formula is C8H15NO. The van der Waals surface area contributed by atoms with Gasteiger partial charge in [-0.3, -0.25) is 4.79 Å². The van der Waals surface area contributed by atoms with Gasteiger partial charge in [-0.1, -0.05) is 13.3 Å². The van der Waals surface area contributed by atoms with Crippen LogP contribution in [0.15, 0.2) is 0 Å². The zero-order valence-corrected chi connectivity index (χ0v) is 6.52. The van der Waals surface area contributed by atoms with Gasteiger partial charge < -0.3 is 5.32 Å². The van der Waals surface area contributed by atoms with Gasteiger partial charge in [-0.05, 0) is 6.42 Å². The predicted octanol–water partition coefficient (Wildman–Crippen LogP) is 0.965. The first kappa shape index (κ1) is 7.73. The molecule has 1 N–H and O–H groups in total. The second kappa shape index (κ2) is 3.71. The molecule has 0 unspecified atom stereocenters. The number of rotatable bonds is 4. The Balaban J connectivity index is 2.08. The van der Waals surface area contributed by atoms with Crippen LogP contribution in [0.2, 0.25) is 0 Å². The maximum absolute atomic E-state index is 11.1. The van der Waals surface area contributed by atoms with Crippen molar-refractivity contribution in [1.29, 1.82) is 0 Å². The van der Waals surface area contributed by atoms with E-state index in [1.807, 2.05) is 0 Å². The van der Waals surface area contributed by atoms with Gasteiger partial charge in [0, 0.05) is 25.4 Å². The summed E-state index contributed by atoms with van der Waals surface area (Å²) in [7, 11) is 0. The van der Waals surface area contributed by atoms with E-state index in [4.69, 9.17) is 0 Å². The van der Waals surface area contributed by atoms with Gasteiger partial charge in [0.05, 0.1) is 0 Å². The molecule has 0 aliphatic carbocycles. The molecule has 1 fully saturated rings. The number of ketones is 1. The molecule has 0 saturated carbocycles. The average molecular weight is 141 g/mol. The molecule has 1 rings (SSSR count). The van der Waals surface area contributed by atoms with Gasteiger partial charge in [-0.15, -0.1) is 0 Å². The van der Waals surface area contributed by atoms with E-state index in [1.165, 1.54) is 0 Å². The van der Waals surface area contributed by atoms with Gasteiger partial charge >= 0.3 is 0 Å². The first-order valence-electron chi connectivity index (χ1n) is 4.08. The molecule has 0 amide bonds. The summed E-state index contributed by atoms with van der Waals surface area (Å²) in [5.41, 5.74) is 0. The highest BCUT2D eigenvalue weighted by Gasteiger charge is 2.23. The maximum atomic E-state index is 11.1. The monoisotopic (exact) mass is 141 g/mol. The summed E-state index contributed by atoms with van der Waals surface area (Å²) in [6.45, 7) is 3.96. The predicted molar refractivity (Wildman–Crippen MR) is 40.9 cm³/mol. The highest BCUT2D eigenvalue weighted by molar-refractivity contribution is 5.82. The Morgan fingerprint density at radius 2 is 2.30 bits per heavy atom. The Morgan fingerprint density at radius 3 is 2.70 bits per heavy atom. The lowest BCUT2D eigenvalue weighted by atomic mass is 9.95. The minimum absolute atomic E-state index is 0.353. The Morgan fingerprint density at radius 1 is 1.60 bits per heavy atom. The van der Waals surface area contributed by atoms with Crippen LogP contribution in [-0.4, -0.2) is 18.9 Å². The van der Waals surface area contributed by atoms with Crippen molar-refractivity contribution in [3.05, 3.63) is 0 Å². The van der Waals surface area contributed by atoms with Crippen molar-refractivity contribution in [2.45, 2.75) is 26.2 Å². The second-order valence-corrected chi connectivity index (χ2v) is 2.93. The second-order valence-electron chi connectivity index (χ2n) is 2.93. The van der Waals surface area contributed by atoms with Crippen molar-refractivity contribution in [2.24, 2.45) is 5.92 Å². The smallest absolute Gasteiger partial charge is 0.138 e. The summed E-state index contributed by atoms with van der Waals surface area (Å²) in [4.78, 5) is 11.1. The summed E-state index contributed by atoms with van der Waals surface area (Å²) >= 11 is 0. The molecule has 0 aromatic carbocycles. The maximum Gasteiger partial charge on any atom is 0.138 e. The normalized spacial score (nSPS) is 18.5. The lowest BCUT2D eigenvalue weighted by molar-refractivity contribution is -0.124. The number of unbranched alkanes of at least 4 members (excludes halogenated alkanes) is 1. The molecule has 0 aromatic heterocycles. The number of nitrogens with one attached hydrogen (secondary N) is 1. The van der Waals surface area contributed by atoms with Crippen molar-refractivity contribution in [2.75, 3.05) is 13.1 Å². The Bertz CT molecular complexity index is 118. The van der Waals surface area contributed by atoms with Crippen molar-refractivity contribution in [3.63, 3.8) is 0 Å². The molecule has 1 heterocycles. The topological polar surface area (TPSA) is 29.1 Å². The largest absolute Gasteiger partial charge is 0.315 e. The third-order valence-electron chi connectivity index (χ3n) is 2.01. The Hall–Kier alpha value is -0.370. The van der Waals surface area contributed by atoms with Crippen LogP contribution in [0.25, 0.3) is 0 Å². The van der Waals surface area contributed by atoms with Gasteiger partial charge in [0.15, 0.2) is 0 Å². The highest BCUT2D eigenvalue weighted by Crippen LogP contribution is 2.09. The minimum Gasteiger partial charge on any atom is -0.315 e. The summed E-state index contributed by atoms with van der Waals surface area (Å²) < 4.78 is 0. The number of hydrogen-bond donors (Lipinski definition) is 1. The van der Waals surface area contributed by atoms with Gasteiger partial charge in [-0.2, -0.15) is 0 Å². The third kappa shape index (κ3) is 1.81. The summed E-state index contributed by atoms with van der Waals surface area (Å²) in [6, 6.07) is 0.